The average Bonchev–Trinajstić information content (AvgIpc) is 2.74. The molecule has 2 aromatic carbocycles. The summed E-state index contributed by atoms with van der Waals surface area (Å²) in [7, 11) is -0.911. The van der Waals surface area contributed by atoms with Crippen LogP contribution >= 0.6 is 19.0 Å². The van der Waals surface area contributed by atoms with Crippen molar-refractivity contribution in [1.82, 2.24) is 4.90 Å². The van der Waals surface area contributed by atoms with Crippen LogP contribution in [0, 0.1) is 0 Å². The third kappa shape index (κ3) is 5.16. The van der Waals surface area contributed by atoms with Crippen molar-refractivity contribution in [3.63, 3.8) is 0 Å². The molecule has 0 amide bonds. The Morgan fingerprint density at radius 3 is 2.68 bits per heavy atom. The van der Waals surface area contributed by atoms with Crippen LogP contribution in [0.2, 0.25) is 5.02 Å². The molecule has 2 N–H and O–H groups in total. The Labute approximate surface area is 202 Å². The third-order valence-electron chi connectivity index (χ3n) is 5.85. The lowest BCUT2D eigenvalue weighted by atomic mass is 9.85. The van der Waals surface area contributed by atoms with Crippen LogP contribution in [0.15, 0.2) is 45.6 Å². The van der Waals surface area contributed by atoms with E-state index in [9.17, 15) is 19.6 Å². The van der Waals surface area contributed by atoms with E-state index in [0.717, 1.165) is 0 Å². The van der Waals surface area contributed by atoms with Gasteiger partial charge in [-0.25, -0.2) is 0 Å². The molecule has 0 saturated carbocycles. The van der Waals surface area contributed by atoms with E-state index in [-0.39, 0.29) is 35.0 Å². The van der Waals surface area contributed by atoms with E-state index in [1.165, 1.54) is 25.5 Å². The summed E-state index contributed by atoms with van der Waals surface area (Å²) in [5.74, 6) is -0.349. The number of aliphatic hydroxyl groups is 1. The first-order valence-electron chi connectivity index (χ1n) is 10.8. The molecule has 10 heteroatoms. The summed E-state index contributed by atoms with van der Waals surface area (Å²) in [6, 6.07) is 9.55. The van der Waals surface area contributed by atoms with Crippen molar-refractivity contribution < 1.29 is 28.5 Å². The minimum Gasteiger partial charge on any atom is -0.507 e. The number of piperidine rings is 1. The van der Waals surface area contributed by atoms with Gasteiger partial charge in [0, 0.05) is 49.1 Å². The Hall–Kier alpha value is -2.35. The molecule has 1 aliphatic heterocycles. The second-order valence-corrected chi connectivity index (χ2v) is 12.0. The number of phenolic OH excluding ortho intramolecular Hbond substituents is 1. The number of hydrogen-bond acceptors (Lipinski definition) is 8. The van der Waals surface area contributed by atoms with Crippen LogP contribution < -0.4 is 10.2 Å². The van der Waals surface area contributed by atoms with Gasteiger partial charge in [-0.15, -0.1) is 0 Å². The maximum Gasteiger partial charge on any atom is 0.200 e. The predicted molar refractivity (Wildman–Crippen MR) is 131 cm³/mol. The van der Waals surface area contributed by atoms with Crippen LogP contribution in [-0.4, -0.2) is 61.5 Å². The van der Waals surface area contributed by atoms with E-state index >= 15 is 0 Å². The molecule has 0 radical (unpaired) electrons. The van der Waals surface area contributed by atoms with Crippen molar-refractivity contribution in [3.05, 3.63) is 57.2 Å². The summed E-state index contributed by atoms with van der Waals surface area (Å²) in [5.41, 5.74) is 0.629. The minimum atomic E-state index is -2.82. The van der Waals surface area contributed by atoms with Crippen LogP contribution in [-0.2, 0) is 9.09 Å². The van der Waals surface area contributed by atoms with Gasteiger partial charge in [0.25, 0.3) is 0 Å². The Kier molecular flexibility index (Phi) is 7.08. The number of aromatic hydroxyl groups is 1. The van der Waals surface area contributed by atoms with Crippen LogP contribution in [0.5, 0.6) is 11.5 Å². The summed E-state index contributed by atoms with van der Waals surface area (Å²) >= 11 is 6.34. The van der Waals surface area contributed by atoms with Gasteiger partial charge in [0.05, 0.1) is 11.1 Å². The highest BCUT2D eigenvalue weighted by atomic mass is 35.5. The van der Waals surface area contributed by atoms with E-state index in [1.807, 2.05) is 11.9 Å². The number of aliphatic hydroxyl groups excluding tert-OH is 1. The molecule has 1 fully saturated rings. The fraction of sp³-hybridized carbons (Fsp3) is 0.375. The predicted octanol–water partition coefficient (Wildman–Crippen LogP) is 4.49. The molecule has 4 rings (SSSR count). The lowest BCUT2D eigenvalue weighted by molar-refractivity contribution is 0.0608. The normalized spacial score (nSPS) is 19.4. The Balaban J connectivity index is 1.94. The Morgan fingerprint density at radius 1 is 1.26 bits per heavy atom. The maximum absolute atomic E-state index is 13.1. The molecule has 1 aliphatic rings. The Bertz CT molecular complexity index is 1320. The van der Waals surface area contributed by atoms with Crippen molar-refractivity contribution in [2.45, 2.75) is 18.4 Å². The standard InChI is InChI=1S/C24H27ClNO7P/c1-26-9-8-15(19(29)12-26)22-21(31-13-32-34(2,3)30)11-18(28)23-17(27)10-20(33-24(22)23)14-6-4-5-7-16(14)25/h4-7,10-11,15,19,28-29H,8-9,12-13H2,1-3H3/t15-,19+/m0/s1. The topological polar surface area (TPSA) is 109 Å². The number of likely N-dealkylation sites (N-methyl/N-ethyl adjacent to an activating group) is 1. The zero-order chi connectivity index (χ0) is 24.6. The molecule has 0 bridgehead atoms. The summed E-state index contributed by atoms with van der Waals surface area (Å²) in [5, 5.41) is 22.0. The molecule has 2 heterocycles. The van der Waals surface area contributed by atoms with E-state index < -0.39 is 24.8 Å². The van der Waals surface area contributed by atoms with E-state index in [1.54, 1.807) is 24.3 Å². The van der Waals surface area contributed by atoms with Crippen molar-refractivity contribution in [2.24, 2.45) is 0 Å². The molecule has 0 spiro atoms. The Morgan fingerprint density at radius 2 is 2.00 bits per heavy atom. The van der Waals surface area contributed by atoms with Gasteiger partial charge >= 0.3 is 0 Å². The van der Waals surface area contributed by atoms with Gasteiger partial charge in [-0.05, 0) is 32.1 Å². The first-order chi connectivity index (χ1) is 16.0. The molecular formula is C24H27ClNO7P. The number of rotatable bonds is 6. The molecular weight excluding hydrogens is 481 g/mol. The fourth-order valence-corrected chi connectivity index (χ4v) is 4.75. The SMILES string of the molecule is CN1CC[C@H](c2c(OCOP(C)(C)=O)cc(O)c3c(=O)cc(-c4ccccc4Cl)oc23)[C@H](O)C1. The van der Waals surface area contributed by atoms with Gasteiger partial charge in [0.2, 0.25) is 0 Å². The lowest BCUT2D eigenvalue weighted by Gasteiger charge is -2.34. The van der Waals surface area contributed by atoms with Gasteiger partial charge < -0.3 is 24.3 Å². The number of hydrogen-bond donors (Lipinski definition) is 2. The third-order valence-corrected chi connectivity index (χ3v) is 6.91. The van der Waals surface area contributed by atoms with Crippen LogP contribution in [0.3, 0.4) is 0 Å². The first kappa shape index (κ1) is 24.8. The van der Waals surface area contributed by atoms with Gasteiger partial charge in [0.15, 0.2) is 19.6 Å². The zero-order valence-electron chi connectivity index (χ0n) is 19.2. The quantitative estimate of drug-likeness (QED) is 0.371. The number of halogens is 1. The molecule has 0 unspecified atom stereocenters. The second-order valence-electron chi connectivity index (χ2n) is 8.83. The van der Waals surface area contributed by atoms with Crippen molar-refractivity contribution >= 4 is 29.9 Å². The van der Waals surface area contributed by atoms with Gasteiger partial charge in [-0.1, -0.05) is 23.7 Å². The molecule has 2 atom stereocenters. The van der Waals surface area contributed by atoms with Crippen molar-refractivity contribution in [3.8, 4) is 22.8 Å². The van der Waals surface area contributed by atoms with Crippen LogP contribution in [0.1, 0.15) is 17.9 Å². The molecule has 182 valence electrons. The van der Waals surface area contributed by atoms with E-state index in [4.69, 9.17) is 25.3 Å². The van der Waals surface area contributed by atoms with Crippen molar-refractivity contribution in [1.29, 1.82) is 0 Å². The largest absolute Gasteiger partial charge is 0.507 e. The minimum absolute atomic E-state index is 0.0122. The van der Waals surface area contributed by atoms with Gasteiger partial charge in [-0.2, -0.15) is 0 Å². The number of phenols is 1. The smallest absolute Gasteiger partial charge is 0.200 e. The number of fused-ring (bicyclic) bond motifs is 1. The second kappa shape index (κ2) is 9.72. The lowest BCUT2D eigenvalue weighted by Crippen LogP contribution is -2.40. The van der Waals surface area contributed by atoms with E-state index in [0.29, 0.717) is 35.7 Å². The van der Waals surface area contributed by atoms with E-state index in [2.05, 4.69) is 0 Å². The number of nitrogens with zero attached hydrogens (tertiary/aromatic N) is 1. The molecule has 0 aliphatic carbocycles. The number of likely N-dealkylation sites (tertiary alicyclic amines) is 1. The maximum atomic E-state index is 13.1. The summed E-state index contributed by atoms with van der Waals surface area (Å²) in [6.45, 7) is 3.71. The van der Waals surface area contributed by atoms with Crippen molar-refractivity contribution in [2.75, 3.05) is 40.3 Å². The highest BCUT2D eigenvalue weighted by Crippen LogP contribution is 2.44. The molecule has 8 nitrogen and oxygen atoms in total. The first-order valence-corrected chi connectivity index (χ1v) is 13.7. The number of ether oxygens (including phenoxy) is 1. The van der Waals surface area contributed by atoms with Gasteiger partial charge in [-0.3, -0.25) is 13.9 Å². The molecule has 1 saturated heterocycles. The number of benzene rings is 2. The summed E-state index contributed by atoms with van der Waals surface area (Å²) in [6.07, 6.45) is -0.207. The molecule has 34 heavy (non-hydrogen) atoms. The highest BCUT2D eigenvalue weighted by molar-refractivity contribution is 7.57. The zero-order valence-corrected chi connectivity index (χ0v) is 20.8. The monoisotopic (exact) mass is 507 g/mol. The summed E-state index contributed by atoms with van der Waals surface area (Å²) < 4.78 is 29.2. The highest BCUT2D eigenvalue weighted by Gasteiger charge is 2.33. The fourth-order valence-electron chi connectivity index (χ4n) is 4.22. The van der Waals surface area contributed by atoms with Crippen LogP contribution in [0.25, 0.3) is 22.3 Å². The van der Waals surface area contributed by atoms with Crippen LogP contribution in [0.4, 0.5) is 0 Å². The molecule has 3 aromatic rings. The number of β-amino-alcohol motifs (C(OH)–C–C–N with tert-alkyl or cyclic N) is 1. The summed E-state index contributed by atoms with van der Waals surface area (Å²) in [4.78, 5) is 15.1. The average molecular weight is 508 g/mol. The van der Waals surface area contributed by atoms with Gasteiger partial charge in [0.1, 0.15) is 28.2 Å². The molecule has 1 aromatic heterocycles.